The second-order valence-electron chi connectivity index (χ2n) is 5.10. The van der Waals surface area contributed by atoms with Gasteiger partial charge in [-0.2, -0.15) is 0 Å². The van der Waals surface area contributed by atoms with Gasteiger partial charge in [0.25, 0.3) is 5.91 Å². The Morgan fingerprint density at radius 1 is 1.00 bits per heavy atom. The third kappa shape index (κ3) is 3.94. The molecule has 0 aromatic heterocycles. The number of benzene rings is 2. The van der Waals surface area contributed by atoms with Gasteiger partial charge in [-0.1, -0.05) is 12.1 Å². The van der Waals surface area contributed by atoms with Gasteiger partial charge in [-0.05, 0) is 43.3 Å². The van der Waals surface area contributed by atoms with Gasteiger partial charge in [0.1, 0.15) is 11.6 Å². The molecule has 6 heteroatoms. The number of nitrogens with two attached hydrogens (primary N) is 1. The lowest BCUT2D eigenvalue weighted by Crippen LogP contribution is -2.38. The molecule has 5 N–H and O–H groups in total. The number of nitrogens with one attached hydrogen (secondary N) is 2. The van der Waals surface area contributed by atoms with E-state index in [0.29, 0.717) is 16.7 Å². The fourth-order valence-corrected chi connectivity index (χ4v) is 2.02. The fraction of sp³-hybridized carbons (Fsp3) is 0.118. The SMILES string of the molecule is C[C@H](NC(=O)c1ccc(C(=N)N)cc1)C(=O)c1ccc(O)cc1. The molecule has 118 valence electrons. The third-order valence-electron chi connectivity index (χ3n) is 3.35. The molecule has 0 bridgehead atoms. The van der Waals surface area contributed by atoms with Gasteiger partial charge in [-0.15, -0.1) is 0 Å². The Kier molecular flexibility index (Phi) is 4.75. The van der Waals surface area contributed by atoms with Crippen molar-refractivity contribution in [2.75, 3.05) is 0 Å². The molecule has 0 saturated heterocycles. The predicted octanol–water partition coefficient (Wildman–Crippen LogP) is 1.68. The maximum absolute atomic E-state index is 12.2. The number of carbonyl (C=O) groups excluding carboxylic acids is 2. The van der Waals surface area contributed by atoms with E-state index in [1.54, 1.807) is 31.2 Å². The molecule has 1 atom stereocenters. The zero-order valence-electron chi connectivity index (χ0n) is 12.5. The first kappa shape index (κ1) is 16.2. The Hall–Kier alpha value is -3.15. The molecule has 2 aromatic carbocycles. The summed E-state index contributed by atoms with van der Waals surface area (Å²) >= 11 is 0. The Labute approximate surface area is 133 Å². The third-order valence-corrected chi connectivity index (χ3v) is 3.35. The minimum atomic E-state index is -0.709. The Morgan fingerprint density at radius 2 is 1.48 bits per heavy atom. The maximum atomic E-state index is 12.2. The number of nitrogen functional groups attached to an aromatic ring is 1. The van der Waals surface area contributed by atoms with Crippen LogP contribution in [0.15, 0.2) is 48.5 Å². The number of phenolic OH excluding ortho intramolecular Hbond substituents is 1. The van der Waals surface area contributed by atoms with E-state index < -0.39 is 6.04 Å². The molecule has 0 spiro atoms. The van der Waals surface area contributed by atoms with Gasteiger partial charge in [-0.3, -0.25) is 15.0 Å². The van der Waals surface area contributed by atoms with Gasteiger partial charge in [0.2, 0.25) is 0 Å². The zero-order chi connectivity index (χ0) is 17.0. The molecule has 0 unspecified atom stereocenters. The molecule has 0 aliphatic heterocycles. The number of rotatable bonds is 5. The van der Waals surface area contributed by atoms with Crippen LogP contribution in [0.2, 0.25) is 0 Å². The molecule has 1 amide bonds. The lowest BCUT2D eigenvalue weighted by atomic mass is 10.0. The van der Waals surface area contributed by atoms with Crippen molar-refractivity contribution in [2.45, 2.75) is 13.0 Å². The minimum absolute atomic E-state index is 0.0730. The maximum Gasteiger partial charge on any atom is 0.251 e. The zero-order valence-corrected chi connectivity index (χ0v) is 12.5. The van der Waals surface area contributed by atoms with E-state index in [0.717, 1.165) is 0 Å². The summed E-state index contributed by atoms with van der Waals surface area (Å²) in [7, 11) is 0. The van der Waals surface area contributed by atoms with E-state index >= 15 is 0 Å². The highest BCUT2D eigenvalue weighted by Crippen LogP contribution is 2.12. The van der Waals surface area contributed by atoms with E-state index in [-0.39, 0.29) is 23.3 Å². The molecule has 0 radical (unpaired) electrons. The quantitative estimate of drug-likeness (QED) is 0.382. The molecular weight excluding hydrogens is 294 g/mol. The summed E-state index contributed by atoms with van der Waals surface area (Å²) in [5.41, 5.74) is 6.66. The monoisotopic (exact) mass is 311 g/mol. The van der Waals surface area contributed by atoms with Crippen molar-refractivity contribution in [2.24, 2.45) is 5.73 Å². The Morgan fingerprint density at radius 3 is 2.00 bits per heavy atom. The van der Waals surface area contributed by atoms with Gasteiger partial charge >= 0.3 is 0 Å². The molecular formula is C17H17N3O3. The Bertz CT molecular complexity index is 737. The first-order valence-electron chi connectivity index (χ1n) is 6.97. The van der Waals surface area contributed by atoms with Crippen molar-refractivity contribution in [3.63, 3.8) is 0 Å². The first-order valence-corrected chi connectivity index (χ1v) is 6.97. The van der Waals surface area contributed by atoms with Gasteiger partial charge in [0.05, 0.1) is 6.04 Å². The highest BCUT2D eigenvalue weighted by Gasteiger charge is 2.18. The largest absolute Gasteiger partial charge is 0.508 e. The van der Waals surface area contributed by atoms with E-state index in [9.17, 15) is 14.7 Å². The van der Waals surface area contributed by atoms with E-state index in [1.807, 2.05) is 0 Å². The minimum Gasteiger partial charge on any atom is -0.508 e. The van der Waals surface area contributed by atoms with E-state index in [1.165, 1.54) is 24.3 Å². The fourth-order valence-electron chi connectivity index (χ4n) is 2.02. The van der Waals surface area contributed by atoms with Gasteiger partial charge in [0, 0.05) is 16.7 Å². The summed E-state index contributed by atoms with van der Waals surface area (Å²) in [5.74, 6) is -0.643. The summed E-state index contributed by atoms with van der Waals surface area (Å²) in [6.45, 7) is 1.59. The van der Waals surface area contributed by atoms with Crippen molar-refractivity contribution < 1.29 is 14.7 Å². The standard InChI is InChI=1S/C17H17N3O3/c1-10(15(22)11-6-8-14(21)9-7-11)20-17(23)13-4-2-12(3-5-13)16(18)19/h2-10,21H,1H3,(H3,18,19)(H,20,23)/t10-/m0/s1. The van der Waals surface area contributed by atoms with E-state index in [4.69, 9.17) is 11.1 Å². The number of carbonyl (C=O) groups is 2. The van der Waals surface area contributed by atoms with Crippen LogP contribution in [-0.2, 0) is 0 Å². The number of amides is 1. The van der Waals surface area contributed by atoms with Gasteiger partial charge in [-0.25, -0.2) is 0 Å². The van der Waals surface area contributed by atoms with Crippen LogP contribution < -0.4 is 11.1 Å². The smallest absolute Gasteiger partial charge is 0.251 e. The number of hydrogen-bond donors (Lipinski definition) is 4. The van der Waals surface area contributed by atoms with Crippen molar-refractivity contribution in [3.8, 4) is 5.75 Å². The summed E-state index contributed by atoms with van der Waals surface area (Å²) in [6.07, 6.45) is 0. The van der Waals surface area contributed by atoms with Crippen LogP contribution in [0.3, 0.4) is 0 Å². The normalized spacial score (nSPS) is 11.5. The second-order valence-corrected chi connectivity index (χ2v) is 5.10. The highest BCUT2D eigenvalue weighted by atomic mass is 16.3. The second kappa shape index (κ2) is 6.74. The summed E-state index contributed by atoms with van der Waals surface area (Å²) < 4.78 is 0. The van der Waals surface area contributed by atoms with Crippen LogP contribution in [0.4, 0.5) is 0 Å². The first-order chi connectivity index (χ1) is 10.9. The summed E-state index contributed by atoms with van der Waals surface area (Å²) in [4.78, 5) is 24.4. The van der Waals surface area contributed by atoms with Crippen LogP contribution >= 0.6 is 0 Å². The van der Waals surface area contributed by atoms with Crippen LogP contribution in [0, 0.1) is 5.41 Å². The van der Waals surface area contributed by atoms with Gasteiger partial charge in [0.15, 0.2) is 5.78 Å². The lowest BCUT2D eigenvalue weighted by molar-refractivity contribution is 0.0865. The number of aromatic hydroxyl groups is 1. The summed E-state index contributed by atoms with van der Waals surface area (Å²) in [6, 6.07) is 11.4. The van der Waals surface area contributed by atoms with Crippen LogP contribution in [0.25, 0.3) is 0 Å². The molecule has 0 aliphatic rings. The molecule has 2 rings (SSSR count). The number of hydrogen-bond acceptors (Lipinski definition) is 4. The van der Waals surface area contributed by atoms with Crippen LogP contribution in [0.5, 0.6) is 5.75 Å². The molecule has 0 saturated carbocycles. The number of ketones is 1. The number of amidine groups is 1. The topological polar surface area (TPSA) is 116 Å². The molecule has 0 fully saturated rings. The van der Waals surface area contributed by atoms with Crippen molar-refractivity contribution >= 4 is 17.5 Å². The average Bonchev–Trinajstić information content (AvgIpc) is 2.54. The van der Waals surface area contributed by atoms with Crippen LogP contribution in [0.1, 0.15) is 33.2 Å². The summed E-state index contributed by atoms with van der Waals surface area (Å²) in [5, 5.41) is 19.2. The van der Waals surface area contributed by atoms with Crippen molar-refractivity contribution in [1.29, 1.82) is 5.41 Å². The van der Waals surface area contributed by atoms with Crippen molar-refractivity contribution in [1.82, 2.24) is 5.32 Å². The van der Waals surface area contributed by atoms with Crippen LogP contribution in [-0.4, -0.2) is 28.7 Å². The molecule has 2 aromatic rings. The molecule has 6 nitrogen and oxygen atoms in total. The lowest BCUT2D eigenvalue weighted by Gasteiger charge is -2.13. The molecule has 0 heterocycles. The Balaban J connectivity index is 2.05. The highest BCUT2D eigenvalue weighted by molar-refractivity contribution is 6.04. The molecule has 0 aliphatic carbocycles. The molecule has 23 heavy (non-hydrogen) atoms. The number of phenols is 1. The van der Waals surface area contributed by atoms with Gasteiger partial charge < -0.3 is 16.2 Å². The van der Waals surface area contributed by atoms with E-state index in [2.05, 4.69) is 5.32 Å². The predicted molar refractivity (Wildman–Crippen MR) is 86.8 cm³/mol. The number of Topliss-reactive ketones (excluding diaryl/α,β-unsaturated/α-hetero) is 1. The average molecular weight is 311 g/mol. The van der Waals surface area contributed by atoms with Crippen molar-refractivity contribution in [3.05, 3.63) is 65.2 Å².